The Labute approximate surface area is 159 Å². The molecule has 0 N–H and O–H groups in total. The van der Waals surface area contributed by atoms with Crippen LogP contribution in [-0.4, -0.2) is 63.6 Å². The van der Waals surface area contributed by atoms with Crippen molar-refractivity contribution in [3.05, 3.63) is 29.6 Å². The lowest BCUT2D eigenvalue weighted by atomic mass is 9.92. The van der Waals surface area contributed by atoms with Crippen molar-refractivity contribution in [1.82, 2.24) is 24.9 Å². The van der Waals surface area contributed by atoms with Gasteiger partial charge in [-0.2, -0.15) is 10.2 Å². The minimum atomic E-state index is -0.0445. The molecular formula is C19H26N6O2. The predicted molar refractivity (Wildman–Crippen MR) is 101 cm³/mol. The second-order valence-corrected chi connectivity index (χ2v) is 8.29. The minimum absolute atomic E-state index is 0.0115. The first-order chi connectivity index (χ1) is 12.8. The third-order valence-electron chi connectivity index (χ3n) is 5.25. The molecule has 0 atom stereocenters. The van der Waals surface area contributed by atoms with Gasteiger partial charge in [0.15, 0.2) is 5.82 Å². The van der Waals surface area contributed by atoms with Crippen molar-refractivity contribution in [2.75, 3.05) is 31.6 Å². The molecule has 0 aliphatic carbocycles. The van der Waals surface area contributed by atoms with Crippen LogP contribution in [-0.2, 0) is 12.0 Å². The number of nitrogens with zero attached hydrogens (tertiary/aromatic N) is 6. The molecule has 4 rings (SSSR count). The summed E-state index contributed by atoms with van der Waals surface area (Å²) in [7, 11) is 1.84. The number of carbonyl (C=O) groups is 1. The fourth-order valence-corrected chi connectivity index (χ4v) is 3.35. The van der Waals surface area contributed by atoms with Crippen LogP contribution in [0.4, 0.5) is 5.82 Å². The van der Waals surface area contributed by atoms with Crippen LogP contribution < -0.4 is 9.64 Å². The summed E-state index contributed by atoms with van der Waals surface area (Å²) in [5, 5.41) is 13.0. The van der Waals surface area contributed by atoms with Crippen LogP contribution in [0.2, 0.25) is 0 Å². The summed E-state index contributed by atoms with van der Waals surface area (Å²) in [5.41, 5.74) is 1.51. The molecule has 0 radical (unpaired) electrons. The molecule has 0 unspecified atom stereocenters. The van der Waals surface area contributed by atoms with Gasteiger partial charge in [-0.05, 0) is 12.1 Å². The van der Waals surface area contributed by atoms with Gasteiger partial charge in [0.05, 0.1) is 24.5 Å². The lowest BCUT2D eigenvalue weighted by molar-refractivity contribution is 0.0698. The third kappa shape index (κ3) is 3.24. The molecule has 2 aliphatic heterocycles. The molecule has 0 spiro atoms. The van der Waals surface area contributed by atoms with Gasteiger partial charge in [-0.15, -0.1) is 5.10 Å². The van der Waals surface area contributed by atoms with E-state index in [9.17, 15) is 4.79 Å². The summed E-state index contributed by atoms with van der Waals surface area (Å²) >= 11 is 0. The van der Waals surface area contributed by atoms with Crippen LogP contribution in [0.5, 0.6) is 5.88 Å². The van der Waals surface area contributed by atoms with E-state index in [1.165, 1.54) is 0 Å². The molecule has 144 valence electrons. The molecule has 2 aromatic heterocycles. The molecule has 8 heteroatoms. The number of rotatable bonds is 3. The summed E-state index contributed by atoms with van der Waals surface area (Å²) < 4.78 is 7.42. The number of ether oxygens (including phenoxy) is 1. The topological polar surface area (TPSA) is 76.4 Å². The highest BCUT2D eigenvalue weighted by molar-refractivity contribution is 5.96. The van der Waals surface area contributed by atoms with Gasteiger partial charge >= 0.3 is 0 Å². The fourth-order valence-electron chi connectivity index (χ4n) is 3.35. The number of aromatic nitrogens is 4. The number of hydrogen-bond donors (Lipinski definition) is 0. The molecule has 0 saturated carbocycles. The fraction of sp³-hybridized carbons (Fsp3) is 0.579. The van der Waals surface area contributed by atoms with Gasteiger partial charge in [0.2, 0.25) is 5.88 Å². The second kappa shape index (κ2) is 6.51. The van der Waals surface area contributed by atoms with E-state index in [1.807, 2.05) is 19.2 Å². The summed E-state index contributed by atoms with van der Waals surface area (Å²) in [5.74, 6) is 1.40. The van der Waals surface area contributed by atoms with E-state index >= 15 is 0 Å². The Morgan fingerprint density at radius 3 is 2.70 bits per heavy atom. The lowest BCUT2D eigenvalue weighted by Crippen LogP contribution is -2.60. The molecule has 2 aromatic rings. The molecule has 1 fully saturated rings. The van der Waals surface area contributed by atoms with Crippen LogP contribution in [0.3, 0.4) is 0 Å². The second-order valence-electron chi connectivity index (χ2n) is 8.29. The van der Waals surface area contributed by atoms with E-state index in [-0.39, 0.29) is 17.4 Å². The van der Waals surface area contributed by atoms with Crippen LogP contribution in [0, 0.1) is 0 Å². The summed E-state index contributed by atoms with van der Waals surface area (Å²) in [6, 6.07) is 4.18. The Hall–Kier alpha value is -2.64. The standard InChI is InChI=1S/C19H26N6O2/c1-19(2,3)15-6-7-16(22-21-15)24-11-13(12-24)23(4)17(26)14-10-20-25-8-5-9-27-18(14)25/h6-7,10,13H,5,8-9,11-12H2,1-4H3. The number of fused-ring (bicyclic) bond motifs is 1. The highest BCUT2D eigenvalue weighted by Crippen LogP contribution is 2.27. The van der Waals surface area contributed by atoms with E-state index in [1.54, 1.807) is 15.8 Å². The molecule has 8 nitrogen and oxygen atoms in total. The maximum absolute atomic E-state index is 12.9. The number of hydrogen-bond acceptors (Lipinski definition) is 6. The number of anilines is 1. The molecule has 1 amide bonds. The van der Waals surface area contributed by atoms with Crippen molar-refractivity contribution in [3.63, 3.8) is 0 Å². The van der Waals surface area contributed by atoms with E-state index in [4.69, 9.17) is 4.74 Å². The first-order valence-electron chi connectivity index (χ1n) is 9.39. The van der Waals surface area contributed by atoms with Crippen LogP contribution in [0.15, 0.2) is 18.3 Å². The molecule has 0 bridgehead atoms. The maximum atomic E-state index is 12.9. The zero-order chi connectivity index (χ0) is 19.2. The first-order valence-corrected chi connectivity index (χ1v) is 9.39. The number of likely N-dealkylation sites (N-methyl/N-ethyl adjacent to an activating group) is 1. The molecule has 27 heavy (non-hydrogen) atoms. The van der Waals surface area contributed by atoms with Gasteiger partial charge in [-0.25, -0.2) is 4.68 Å². The lowest BCUT2D eigenvalue weighted by Gasteiger charge is -2.44. The van der Waals surface area contributed by atoms with Crippen molar-refractivity contribution in [2.24, 2.45) is 0 Å². The van der Waals surface area contributed by atoms with Crippen molar-refractivity contribution in [2.45, 2.75) is 45.2 Å². The highest BCUT2D eigenvalue weighted by atomic mass is 16.5. The summed E-state index contributed by atoms with van der Waals surface area (Å²) in [6.07, 6.45) is 2.54. The molecule has 0 aromatic carbocycles. The quantitative estimate of drug-likeness (QED) is 0.819. The Kier molecular flexibility index (Phi) is 4.28. The molecular weight excluding hydrogens is 344 g/mol. The molecule has 2 aliphatic rings. The van der Waals surface area contributed by atoms with E-state index in [0.717, 1.165) is 37.6 Å². The first kappa shape index (κ1) is 17.8. The van der Waals surface area contributed by atoms with Crippen LogP contribution in [0.25, 0.3) is 0 Å². The normalized spacial score (nSPS) is 17.1. The number of carbonyl (C=O) groups excluding carboxylic acids is 1. The Morgan fingerprint density at radius 2 is 2.04 bits per heavy atom. The zero-order valence-corrected chi connectivity index (χ0v) is 16.3. The number of amides is 1. The van der Waals surface area contributed by atoms with E-state index in [2.05, 4.69) is 41.0 Å². The van der Waals surface area contributed by atoms with Crippen molar-refractivity contribution < 1.29 is 9.53 Å². The Morgan fingerprint density at radius 1 is 1.26 bits per heavy atom. The SMILES string of the molecule is CN(C(=O)c1cnn2c1OCCC2)C1CN(c2ccc(C(C)(C)C)nn2)C1. The minimum Gasteiger partial charge on any atom is -0.477 e. The Balaban J connectivity index is 1.39. The average Bonchev–Trinajstić information content (AvgIpc) is 3.03. The maximum Gasteiger partial charge on any atom is 0.261 e. The Bertz CT molecular complexity index is 833. The summed E-state index contributed by atoms with van der Waals surface area (Å²) in [6.45, 7) is 9.29. The van der Waals surface area contributed by atoms with Crippen molar-refractivity contribution >= 4 is 11.7 Å². The number of aryl methyl sites for hydroxylation is 1. The zero-order valence-electron chi connectivity index (χ0n) is 16.3. The predicted octanol–water partition coefficient (Wildman–Crippen LogP) is 1.71. The molecule has 4 heterocycles. The van der Waals surface area contributed by atoms with Gasteiger partial charge in [0, 0.05) is 38.5 Å². The summed E-state index contributed by atoms with van der Waals surface area (Å²) in [4.78, 5) is 16.8. The molecule has 1 saturated heterocycles. The largest absolute Gasteiger partial charge is 0.477 e. The third-order valence-corrected chi connectivity index (χ3v) is 5.25. The van der Waals surface area contributed by atoms with Crippen LogP contribution in [0.1, 0.15) is 43.2 Å². The van der Waals surface area contributed by atoms with Crippen molar-refractivity contribution in [3.8, 4) is 5.88 Å². The van der Waals surface area contributed by atoms with E-state index < -0.39 is 0 Å². The van der Waals surface area contributed by atoms with Gasteiger partial charge in [-0.3, -0.25) is 4.79 Å². The van der Waals surface area contributed by atoms with Gasteiger partial charge in [0.1, 0.15) is 5.56 Å². The van der Waals surface area contributed by atoms with Crippen LogP contribution >= 0.6 is 0 Å². The average molecular weight is 370 g/mol. The van der Waals surface area contributed by atoms with E-state index in [0.29, 0.717) is 18.1 Å². The monoisotopic (exact) mass is 370 g/mol. The smallest absolute Gasteiger partial charge is 0.261 e. The van der Waals surface area contributed by atoms with Gasteiger partial charge < -0.3 is 14.5 Å². The van der Waals surface area contributed by atoms with Crippen molar-refractivity contribution in [1.29, 1.82) is 0 Å². The van der Waals surface area contributed by atoms with Gasteiger partial charge in [0.25, 0.3) is 5.91 Å². The highest BCUT2D eigenvalue weighted by Gasteiger charge is 2.35. The van der Waals surface area contributed by atoms with Gasteiger partial charge in [-0.1, -0.05) is 20.8 Å².